The molecule has 0 saturated heterocycles. The van der Waals surface area contributed by atoms with Crippen LogP contribution in [0.15, 0.2) is 181 Å². The zero-order valence-electron chi connectivity index (χ0n) is 29.3. The minimum absolute atomic E-state index is 0.325. The zero-order valence-corrected chi connectivity index (χ0v) is 30.9. The molecule has 2 heterocycles. The first-order valence-electron chi connectivity index (χ1n) is 18.7. The average Bonchev–Trinajstić information content (AvgIpc) is 3.82. The van der Waals surface area contributed by atoms with Crippen molar-refractivity contribution < 1.29 is 0 Å². The summed E-state index contributed by atoms with van der Waals surface area (Å²) in [6, 6.07) is 65.8. The van der Waals surface area contributed by atoms with Crippen LogP contribution in [-0.4, -0.2) is 5.25 Å². The van der Waals surface area contributed by atoms with Gasteiger partial charge in [0, 0.05) is 36.2 Å². The van der Waals surface area contributed by atoms with Gasteiger partial charge in [-0.25, -0.2) is 0 Å². The van der Waals surface area contributed by atoms with E-state index in [1.807, 2.05) is 23.1 Å². The Balaban J connectivity index is 1.04. The highest BCUT2D eigenvalue weighted by Gasteiger charge is 2.41. The van der Waals surface area contributed by atoms with Crippen LogP contribution in [0.1, 0.15) is 28.2 Å². The van der Waals surface area contributed by atoms with Gasteiger partial charge in [-0.1, -0.05) is 158 Å². The number of thioether (sulfide) groups is 1. The molecule has 0 saturated carbocycles. The van der Waals surface area contributed by atoms with Gasteiger partial charge >= 0.3 is 0 Å². The molecule has 1 aliphatic heterocycles. The van der Waals surface area contributed by atoms with E-state index < -0.39 is 0 Å². The van der Waals surface area contributed by atoms with Crippen molar-refractivity contribution in [2.24, 2.45) is 0 Å². The van der Waals surface area contributed by atoms with Crippen LogP contribution in [0.3, 0.4) is 0 Å². The average molecular weight is 721 g/mol. The molecule has 2 aliphatic rings. The maximum Gasteiger partial charge on any atom is 0.0460 e. The second-order valence-electron chi connectivity index (χ2n) is 14.7. The molecule has 0 fully saturated rings. The fraction of sp³-hybridized carbons (Fsp3) is 0.0385. The maximum absolute atomic E-state index is 2.53. The normalized spacial score (nSPS) is 16.2. The monoisotopic (exact) mass is 720 g/mol. The molecule has 0 nitrogen and oxygen atoms in total. The number of benzene rings is 9. The van der Waals surface area contributed by atoms with E-state index in [4.69, 9.17) is 0 Å². The second-order valence-corrected chi connectivity index (χ2v) is 16.9. The Kier molecular flexibility index (Phi) is 6.66. The van der Waals surface area contributed by atoms with E-state index in [2.05, 4.69) is 182 Å². The molecular formula is C52H32S2. The lowest BCUT2D eigenvalue weighted by atomic mass is 9.76. The number of rotatable bonds is 3. The standard InChI is InChI=1S/C52H32S2/c1-2-12-34-29-35(26-21-31(34)11-1)49-39-16-5-3-14-37(39)48(38-15-4-6-17-40(38)49)33-24-22-32(23-25-33)44-30-45-41(50-43-18-8-10-20-47(43)54-52(44)50)27-28-42-36-13-7-9-19-46(36)53-51(42)45/h1-30,50,52H. The van der Waals surface area contributed by atoms with Crippen molar-refractivity contribution >= 4 is 87.2 Å². The Hall–Kier alpha value is -5.93. The van der Waals surface area contributed by atoms with Crippen LogP contribution in [0.25, 0.3) is 86.4 Å². The number of hydrogen-bond acceptors (Lipinski definition) is 2. The number of thiophene rings is 1. The van der Waals surface area contributed by atoms with Crippen molar-refractivity contribution in [3.8, 4) is 22.3 Å². The summed E-state index contributed by atoms with van der Waals surface area (Å²) in [7, 11) is 0. The van der Waals surface area contributed by atoms with E-state index in [-0.39, 0.29) is 0 Å². The van der Waals surface area contributed by atoms with E-state index in [0.717, 1.165) is 0 Å². The molecule has 2 unspecified atom stereocenters. The van der Waals surface area contributed by atoms with Crippen LogP contribution < -0.4 is 0 Å². The van der Waals surface area contributed by atoms with Crippen LogP contribution in [0.4, 0.5) is 0 Å². The predicted octanol–water partition coefficient (Wildman–Crippen LogP) is 15.0. The Labute approximate surface area is 322 Å². The van der Waals surface area contributed by atoms with Crippen molar-refractivity contribution in [3.63, 3.8) is 0 Å². The summed E-state index contributed by atoms with van der Waals surface area (Å²) in [5.74, 6) is 0.325. The largest absolute Gasteiger partial charge is 0.135 e. The number of hydrogen-bond donors (Lipinski definition) is 0. The Morgan fingerprint density at radius 3 is 1.76 bits per heavy atom. The second kappa shape index (κ2) is 11.8. The first-order chi connectivity index (χ1) is 26.8. The van der Waals surface area contributed by atoms with Gasteiger partial charge in [0.1, 0.15) is 0 Å². The van der Waals surface area contributed by atoms with Crippen molar-refractivity contribution in [3.05, 3.63) is 198 Å². The van der Waals surface area contributed by atoms with Gasteiger partial charge in [-0.15, -0.1) is 23.1 Å². The van der Waals surface area contributed by atoms with Crippen LogP contribution in [-0.2, 0) is 0 Å². The summed E-state index contributed by atoms with van der Waals surface area (Å²) in [5, 5.41) is 10.7. The molecule has 252 valence electrons. The number of fused-ring (bicyclic) bond motifs is 12. The SMILES string of the molecule is C1=C(c2ccc(-c3c4ccccc4c(-c4ccc5ccccc5c4)c4ccccc34)cc2)C2Sc3ccccc3C2c2ccc3c(sc4ccccc43)c21. The van der Waals surface area contributed by atoms with E-state index in [1.54, 1.807) is 0 Å². The summed E-state index contributed by atoms with van der Waals surface area (Å²) < 4.78 is 2.76. The lowest BCUT2D eigenvalue weighted by Gasteiger charge is -2.30. The van der Waals surface area contributed by atoms with Crippen LogP contribution in [0.5, 0.6) is 0 Å². The van der Waals surface area contributed by atoms with Gasteiger partial charge in [-0.2, -0.15) is 0 Å². The molecule has 54 heavy (non-hydrogen) atoms. The highest BCUT2D eigenvalue weighted by atomic mass is 32.2. The third kappa shape index (κ3) is 4.45. The molecule has 12 rings (SSSR count). The minimum Gasteiger partial charge on any atom is -0.135 e. The molecule has 2 atom stereocenters. The van der Waals surface area contributed by atoms with Crippen LogP contribution >= 0.6 is 23.1 Å². The first-order valence-corrected chi connectivity index (χ1v) is 20.4. The highest BCUT2D eigenvalue weighted by molar-refractivity contribution is 8.00. The van der Waals surface area contributed by atoms with Gasteiger partial charge in [0.15, 0.2) is 0 Å². The molecule has 1 aromatic heterocycles. The van der Waals surface area contributed by atoms with Gasteiger partial charge in [0.05, 0.1) is 0 Å². The Bertz CT molecular complexity index is 3140. The van der Waals surface area contributed by atoms with Gasteiger partial charge in [-0.3, -0.25) is 0 Å². The quantitative estimate of drug-likeness (QED) is 0.164. The maximum atomic E-state index is 2.53. The molecule has 0 bridgehead atoms. The van der Waals surface area contributed by atoms with Gasteiger partial charge < -0.3 is 0 Å². The molecule has 1 aliphatic carbocycles. The third-order valence-corrected chi connectivity index (χ3v) is 14.5. The predicted molar refractivity (Wildman–Crippen MR) is 235 cm³/mol. The molecule has 9 aromatic carbocycles. The molecule has 0 spiro atoms. The third-order valence-electron chi connectivity index (χ3n) is 11.8. The summed E-state index contributed by atoms with van der Waals surface area (Å²) in [4.78, 5) is 1.41. The van der Waals surface area contributed by atoms with E-state index in [9.17, 15) is 0 Å². The summed E-state index contributed by atoms with van der Waals surface area (Å²) in [6.07, 6.45) is 2.53. The first kappa shape index (κ1) is 30.5. The minimum atomic E-state index is 0.325. The van der Waals surface area contributed by atoms with Crippen LogP contribution in [0.2, 0.25) is 0 Å². The zero-order chi connectivity index (χ0) is 35.3. The van der Waals surface area contributed by atoms with Crippen molar-refractivity contribution in [2.75, 3.05) is 0 Å². The molecule has 2 heteroatoms. The highest BCUT2D eigenvalue weighted by Crippen LogP contribution is 2.58. The van der Waals surface area contributed by atoms with E-state index in [0.29, 0.717) is 11.2 Å². The van der Waals surface area contributed by atoms with E-state index >= 15 is 0 Å². The lowest BCUT2D eigenvalue weighted by Crippen LogP contribution is -2.18. The summed E-state index contributed by atoms with van der Waals surface area (Å²) in [6.45, 7) is 0. The molecule has 10 aromatic rings. The fourth-order valence-corrected chi connectivity index (χ4v) is 12.2. The molecule has 0 amide bonds. The topological polar surface area (TPSA) is 0 Å². The lowest BCUT2D eigenvalue weighted by molar-refractivity contribution is 0.858. The molecular weight excluding hydrogens is 689 g/mol. The summed E-state index contributed by atoms with van der Waals surface area (Å²) in [5.41, 5.74) is 12.1. The van der Waals surface area contributed by atoms with Gasteiger partial charge in [0.2, 0.25) is 0 Å². The van der Waals surface area contributed by atoms with Crippen molar-refractivity contribution in [2.45, 2.75) is 16.1 Å². The van der Waals surface area contributed by atoms with E-state index in [1.165, 1.54) is 107 Å². The van der Waals surface area contributed by atoms with Crippen LogP contribution in [0, 0.1) is 0 Å². The fourth-order valence-electron chi connectivity index (χ4n) is 9.44. The Morgan fingerprint density at radius 2 is 1.00 bits per heavy atom. The summed E-state index contributed by atoms with van der Waals surface area (Å²) >= 11 is 3.98. The van der Waals surface area contributed by atoms with Gasteiger partial charge in [0.25, 0.3) is 0 Å². The van der Waals surface area contributed by atoms with Gasteiger partial charge in [-0.05, 0) is 107 Å². The molecule has 0 N–H and O–H groups in total. The smallest absolute Gasteiger partial charge is 0.0460 e. The van der Waals surface area contributed by atoms with Crippen molar-refractivity contribution in [1.29, 1.82) is 0 Å². The van der Waals surface area contributed by atoms with Crippen molar-refractivity contribution in [1.82, 2.24) is 0 Å². The Morgan fingerprint density at radius 1 is 0.407 bits per heavy atom. The molecule has 0 radical (unpaired) electrons.